The van der Waals surface area contributed by atoms with Crippen LogP contribution in [0.1, 0.15) is 31.2 Å². The smallest absolute Gasteiger partial charge is 0.0443 e. The van der Waals surface area contributed by atoms with E-state index >= 15 is 0 Å². The van der Waals surface area contributed by atoms with Gasteiger partial charge in [-0.25, -0.2) is 0 Å². The van der Waals surface area contributed by atoms with Gasteiger partial charge in [0.25, 0.3) is 0 Å². The van der Waals surface area contributed by atoms with E-state index in [4.69, 9.17) is 0 Å². The van der Waals surface area contributed by atoms with E-state index in [1.807, 2.05) is 0 Å². The zero-order valence-electron chi connectivity index (χ0n) is 10.7. The molecule has 1 heterocycles. The largest absolute Gasteiger partial charge is 0.366 e. The Kier molecular flexibility index (Phi) is 3.06. The van der Waals surface area contributed by atoms with Crippen molar-refractivity contribution in [2.45, 2.75) is 44.7 Å². The predicted octanol–water partition coefficient (Wildman–Crippen LogP) is 2.72. The van der Waals surface area contributed by atoms with Crippen molar-refractivity contribution < 1.29 is 0 Å². The Balaban J connectivity index is 1.83. The topological polar surface area (TPSA) is 15.3 Å². The van der Waals surface area contributed by atoms with Crippen molar-refractivity contribution in [3.63, 3.8) is 0 Å². The maximum Gasteiger partial charge on any atom is 0.0443 e. The summed E-state index contributed by atoms with van der Waals surface area (Å²) in [6, 6.07) is 10.5. The second kappa shape index (κ2) is 4.69. The number of benzene rings is 1. The first-order valence-corrected chi connectivity index (χ1v) is 6.91. The zero-order valence-corrected chi connectivity index (χ0v) is 10.7. The molecular weight excluding hydrogens is 208 g/mol. The van der Waals surface area contributed by atoms with Gasteiger partial charge in [0, 0.05) is 30.9 Å². The van der Waals surface area contributed by atoms with E-state index in [0.29, 0.717) is 0 Å². The summed E-state index contributed by atoms with van der Waals surface area (Å²) >= 11 is 0. The molecule has 1 aromatic carbocycles. The number of rotatable bonds is 1. The monoisotopic (exact) mass is 230 g/mol. The molecule has 1 aromatic rings. The minimum Gasteiger partial charge on any atom is -0.366 e. The first-order valence-electron chi connectivity index (χ1n) is 6.91. The number of hydrogen-bond acceptors (Lipinski definition) is 2. The van der Waals surface area contributed by atoms with Gasteiger partial charge in [0.1, 0.15) is 0 Å². The van der Waals surface area contributed by atoms with Crippen LogP contribution in [0.2, 0.25) is 0 Å². The summed E-state index contributed by atoms with van der Waals surface area (Å²) in [6.45, 7) is 4.45. The maximum absolute atomic E-state index is 3.69. The summed E-state index contributed by atoms with van der Waals surface area (Å²) in [5.41, 5.74) is 2.76. The molecule has 0 radical (unpaired) electrons. The van der Waals surface area contributed by atoms with E-state index in [9.17, 15) is 0 Å². The Morgan fingerprint density at radius 2 is 1.88 bits per heavy atom. The second-order valence-corrected chi connectivity index (χ2v) is 5.44. The van der Waals surface area contributed by atoms with E-state index in [-0.39, 0.29) is 0 Å². The number of fused-ring (bicyclic) bond motifs is 1. The van der Waals surface area contributed by atoms with Crippen LogP contribution in [-0.4, -0.2) is 25.2 Å². The lowest BCUT2D eigenvalue weighted by Crippen LogP contribution is -2.59. The first-order chi connectivity index (χ1) is 8.34. The van der Waals surface area contributed by atoms with E-state index in [1.165, 1.54) is 36.9 Å². The lowest BCUT2D eigenvalue weighted by Gasteiger charge is -2.46. The lowest BCUT2D eigenvalue weighted by molar-refractivity contribution is 0.284. The average molecular weight is 230 g/mol. The van der Waals surface area contributed by atoms with Crippen molar-refractivity contribution >= 4 is 5.69 Å². The van der Waals surface area contributed by atoms with Crippen LogP contribution in [0, 0.1) is 6.92 Å². The summed E-state index contributed by atoms with van der Waals surface area (Å²) in [6.07, 6.45) is 5.50. The van der Waals surface area contributed by atoms with Crippen LogP contribution >= 0.6 is 0 Å². The van der Waals surface area contributed by atoms with Crippen molar-refractivity contribution in [2.24, 2.45) is 0 Å². The van der Waals surface area contributed by atoms with E-state index in [0.717, 1.165) is 25.2 Å². The Labute approximate surface area is 104 Å². The fraction of sp³-hybridized carbons (Fsp3) is 0.600. The van der Waals surface area contributed by atoms with Gasteiger partial charge < -0.3 is 10.2 Å². The molecule has 1 aliphatic heterocycles. The molecule has 0 aromatic heterocycles. The summed E-state index contributed by atoms with van der Waals surface area (Å²) in [5.74, 6) is 0. The number of hydrogen-bond donors (Lipinski definition) is 1. The summed E-state index contributed by atoms with van der Waals surface area (Å²) in [4.78, 5) is 2.62. The van der Waals surface area contributed by atoms with Gasteiger partial charge in [-0.3, -0.25) is 0 Å². The molecule has 2 atom stereocenters. The van der Waals surface area contributed by atoms with Crippen LogP contribution < -0.4 is 10.2 Å². The quantitative estimate of drug-likeness (QED) is 0.798. The van der Waals surface area contributed by atoms with Crippen molar-refractivity contribution in [1.29, 1.82) is 0 Å². The Hall–Kier alpha value is -1.02. The predicted molar refractivity (Wildman–Crippen MR) is 72.6 cm³/mol. The van der Waals surface area contributed by atoms with Gasteiger partial charge in [-0.1, -0.05) is 30.5 Å². The molecule has 3 rings (SSSR count). The molecule has 2 heteroatoms. The van der Waals surface area contributed by atoms with Crippen molar-refractivity contribution in [1.82, 2.24) is 5.32 Å². The molecule has 1 saturated carbocycles. The van der Waals surface area contributed by atoms with Gasteiger partial charge >= 0.3 is 0 Å². The van der Waals surface area contributed by atoms with Gasteiger partial charge in [-0.2, -0.15) is 0 Å². The third kappa shape index (κ3) is 2.19. The maximum atomic E-state index is 3.69. The Bertz CT molecular complexity index is 369. The SMILES string of the molecule is Cc1ccc(N2CCNC3CCCCC32)cc1. The molecule has 1 saturated heterocycles. The highest BCUT2D eigenvalue weighted by Gasteiger charge is 2.32. The third-order valence-corrected chi connectivity index (χ3v) is 4.25. The molecule has 92 valence electrons. The number of nitrogens with zero attached hydrogens (tertiary/aromatic N) is 1. The van der Waals surface area contributed by atoms with Gasteiger partial charge in [0.2, 0.25) is 0 Å². The first kappa shape index (κ1) is 11.1. The zero-order chi connectivity index (χ0) is 11.7. The highest BCUT2D eigenvalue weighted by atomic mass is 15.2. The van der Waals surface area contributed by atoms with E-state index in [1.54, 1.807) is 0 Å². The number of aryl methyl sites for hydroxylation is 1. The van der Waals surface area contributed by atoms with Crippen LogP contribution in [0.15, 0.2) is 24.3 Å². The molecule has 2 aliphatic rings. The molecule has 17 heavy (non-hydrogen) atoms. The van der Waals surface area contributed by atoms with Crippen molar-refractivity contribution in [2.75, 3.05) is 18.0 Å². The molecule has 1 aliphatic carbocycles. The van der Waals surface area contributed by atoms with Crippen LogP contribution in [0.5, 0.6) is 0 Å². The van der Waals surface area contributed by atoms with E-state index in [2.05, 4.69) is 41.4 Å². The van der Waals surface area contributed by atoms with Gasteiger partial charge in [-0.05, 0) is 31.9 Å². The highest BCUT2D eigenvalue weighted by Crippen LogP contribution is 2.29. The Morgan fingerprint density at radius 3 is 2.71 bits per heavy atom. The standard InChI is InChI=1S/C15H22N2/c1-12-6-8-13(9-7-12)17-11-10-16-14-4-2-3-5-15(14)17/h6-9,14-16H,2-5,10-11H2,1H3. The normalized spacial score (nSPS) is 28.9. The fourth-order valence-electron chi connectivity index (χ4n) is 3.32. The molecular formula is C15H22N2. The van der Waals surface area contributed by atoms with E-state index < -0.39 is 0 Å². The molecule has 0 spiro atoms. The second-order valence-electron chi connectivity index (χ2n) is 5.44. The van der Waals surface area contributed by atoms with Crippen LogP contribution in [0.3, 0.4) is 0 Å². The van der Waals surface area contributed by atoms with Gasteiger partial charge in [-0.15, -0.1) is 0 Å². The molecule has 2 nitrogen and oxygen atoms in total. The van der Waals surface area contributed by atoms with Crippen LogP contribution in [-0.2, 0) is 0 Å². The molecule has 0 amide bonds. The van der Waals surface area contributed by atoms with Crippen LogP contribution in [0.4, 0.5) is 5.69 Å². The summed E-state index contributed by atoms with van der Waals surface area (Å²) < 4.78 is 0. The molecule has 2 unspecified atom stereocenters. The summed E-state index contributed by atoms with van der Waals surface area (Å²) in [5, 5.41) is 3.69. The molecule has 0 bridgehead atoms. The average Bonchev–Trinajstić information content (AvgIpc) is 2.39. The minimum atomic E-state index is 0.721. The Morgan fingerprint density at radius 1 is 1.12 bits per heavy atom. The number of anilines is 1. The van der Waals surface area contributed by atoms with Crippen molar-refractivity contribution in [3.8, 4) is 0 Å². The summed E-state index contributed by atoms with van der Waals surface area (Å²) in [7, 11) is 0. The molecule has 1 N–H and O–H groups in total. The third-order valence-electron chi connectivity index (χ3n) is 4.25. The number of nitrogens with one attached hydrogen (secondary N) is 1. The number of piperazine rings is 1. The lowest BCUT2D eigenvalue weighted by atomic mass is 9.87. The molecule has 2 fully saturated rings. The van der Waals surface area contributed by atoms with Gasteiger partial charge in [0.05, 0.1) is 0 Å². The highest BCUT2D eigenvalue weighted by molar-refractivity contribution is 5.49. The fourth-order valence-corrected chi connectivity index (χ4v) is 3.32. The van der Waals surface area contributed by atoms with Crippen molar-refractivity contribution in [3.05, 3.63) is 29.8 Å². The van der Waals surface area contributed by atoms with Gasteiger partial charge in [0.15, 0.2) is 0 Å². The minimum absolute atomic E-state index is 0.721. The van der Waals surface area contributed by atoms with Crippen LogP contribution in [0.25, 0.3) is 0 Å².